The quantitative estimate of drug-likeness (QED) is 0.853. The van der Waals surface area contributed by atoms with Crippen LogP contribution in [0.15, 0.2) is 54.6 Å². The number of carbonyl (C=O) groups is 1. The van der Waals surface area contributed by atoms with Gasteiger partial charge in [0.05, 0.1) is 0 Å². The van der Waals surface area contributed by atoms with E-state index < -0.39 is 0 Å². The SMILES string of the molecule is O=C1CCCCN1c1ccc(OCc2ccccc2)cc1. The highest BCUT2D eigenvalue weighted by Gasteiger charge is 2.19. The van der Waals surface area contributed by atoms with Crippen molar-refractivity contribution in [2.45, 2.75) is 25.9 Å². The van der Waals surface area contributed by atoms with Crippen LogP contribution in [0.25, 0.3) is 0 Å². The Kier molecular flexibility index (Phi) is 4.20. The van der Waals surface area contributed by atoms with Crippen molar-refractivity contribution in [1.29, 1.82) is 0 Å². The van der Waals surface area contributed by atoms with Gasteiger partial charge in [0.2, 0.25) is 5.91 Å². The second kappa shape index (κ2) is 6.44. The molecule has 0 aromatic heterocycles. The molecule has 0 spiro atoms. The van der Waals surface area contributed by atoms with Crippen LogP contribution in [0.1, 0.15) is 24.8 Å². The molecule has 0 radical (unpaired) electrons. The topological polar surface area (TPSA) is 29.5 Å². The van der Waals surface area contributed by atoms with Crippen molar-refractivity contribution in [2.24, 2.45) is 0 Å². The van der Waals surface area contributed by atoms with Gasteiger partial charge in [0.25, 0.3) is 0 Å². The molecule has 0 saturated carbocycles. The smallest absolute Gasteiger partial charge is 0.226 e. The number of amides is 1. The third-order valence-corrected chi connectivity index (χ3v) is 3.72. The van der Waals surface area contributed by atoms with Crippen LogP contribution >= 0.6 is 0 Å². The second-order valence-corrected chi connectivity index (χ2v) is 5.27. The van der Waals surface area contributed by atoms with E-state index in [4.69, 9.17) is 4.74 Å². The molecule has 0 unspecified atom stereocenters. The Balaban J connectivity index is 1.62. The Morgan fingerprint density at radius 1 is 0.952 bits per heavy atom. The van der Waals surface area contributed by atoms with Crippen molar-refractivity contribution >= 4 is 11.6 Å². The maximum absolute atomic E-state index is 11.9. The van der Waals surface area contributed by atoms with E-state index in [2.05, 4.69) is 0 Å². The number of rotatable bonds is 4. The molecule has 21 heavy (non-hydrogen) atoms. The van der Waals surface area contributed by atoms with Gasteiger partial charge in [-0.15, -0.1) is 0 Å². The van der Waals surface area contributed by atoms with Crippen molar-refractivity contribution in [1.82, 2.24) is 0 Å². The van der Waals surface area contributed by atoms with Gasteiger partial charge in [0.1, 0.15) is 12.4 Å². The molecule has 108 valence electrons. The summed E-state index contributed by atoms with van der Waals surface area (Å²) >= 11 is 0. The lowest BCUT2D eigenvalue weighted by Crippen LogP contribution is -2.35. The molecule has 1 heterocycles. The fraction of sp³-hybridized carbons (Fsp3) is 0.278. The second-order valence-electron chi connectivity index (χ2n) is 5.27. The van der Waals surface area contributed by atoms with Gasteiger partial charge < -0.3 is 9.64 Å². The first-order valence-electron chi connectivity index (χ1n) is 7.40. The third-order valence-electron chi connectivity index (χ3n) is 3.72. The summed E-state index contributed by atoms with van der Waals surface area (Å²) in [5.74, 6) is 1.05. The van der Waals surface area contributed by atoms with Crippen LogP contribution in [0.3, 0.4) is 0 Å². The molecule has 2 aromatic rings. The number of benzene rings is 2. The van der Waals surface area contributed by atoms with Gasteiger partial charge in [-0.05, 0) is 42.7 Å². The van der Waals surface area contributed by atoms with Crippen molar-refractivity contribution in [3.05, 3.63) is 60.2 Å². The van der Waals surface area contributed by atoms with Gasteiger partial charge in [-0.25, -0.2) is 0 Å². The van der Waals surface area contributed by atoms with Crippen LogP contribution in [0.4, 0.5) is 5.69 Å². The van der Waals surface area contributed by atoms with Crippen LogP contribution in [0, 0.1) is 0 Å². The van der Waals surface area contributed by atoms with Crippen LogP contribution in [-0.4, -0.2) is 12.5 Å². The Bertz CT molecular complexity index is 592. The maximum atomic E-state index is 11.9. The van der Waals surface area contributed by atoms with Gasteiger partial charge in [-0.3, -0.25) is 4.79 Å². The molecule has 1 fully saturated rings. The number of hydrogen-bond acceptors (Lipinski definition) is 2. The highest BCUT2D eigenvalue weighted by atomic mass is 16.5. The summed E-state index contributed by atoms with van der Waals surface area (Å²) in [6.45, 7) is 1.38. The van der Waals surface area contributed by atoms with Crippen LogP contribution < -0.4 is 9.64 Å². The van der Waals surface area contributed by atoms with E-state index in [1.807, 2.05) is 59.5 Å². The summed E-state index contributed by atoms with van der Waals surface area (Å²) in [6, 6.07) is 17.9. The van der Waals surface area contributed by atoms with Crippen molar-refractivity contribution in [2.75, 3.05) is 11.4 Å². The summed E-state index contributed by atoms with van der Waals surface area (Å²) in [5.41, 5.74) is 2.11. The summed E-state index contributed by atoms with van der Waals surface area (Å²) in [5, 5.41) is 0. The highest BCUT2D eigenvalue weighted by molar-refractivity contribution is 5.93. The minimum absolute atomic E-state index is 0.221. The molecule has 0 N–H and O–H groups in total. The van der Waals surface area contributed by atoms with Gasteiger partial charge >= 0.3 is 0 Å². The molecule has 0 bridgehead atoms. The molecule has 1 amide bonds. The van der Waals surface area contributed by atoms with Crippen molar-refractivity contribution < 1.29 is 9.53 Å². The number of piperidine rings is 1. The zero-order valence-corrected chi connectivity index (χ0v) is 12.0. The van der Waals surface area contributed by atoms with Gasteiger partial charge in [-0.1, -0.05) is 30.3 Å². The predicted molar refractivity (Wildman–Crippen MR) is 83.4 cm³/mol. The maximum Gasteiger partial charge on any atom is 0.226 e. The Labute approximate surface area is 125 Å². The monoisotopic (exact) mass is 281 g/mol. The lowest BCUT2D eigenvalue weighted by atomic mass is 10.1. The number of ether oxygens (including phenoxy) is 1. The lowest BCUT2D eigenvalue weighted by molar-refractivity contribution is -0.119. The zero-order chi connectivity index (χ0) is 14.5. The van der Waals surface area contributed by atoms with E-state index in [9.17, 15) is 4.79 Å². The summed E-state index contributed by atoms with van der Waals surface area (Å²) in [6.07, 6.45) is 2.75. The molecule has 1 aliphatic rings. The molecular formula is C18H19NO2. The van der Waals surface area contributed by atoms with Crippen LogP contribution in [-0.2, 0) is 11.4 Å². The largest absolute Gasteiger partial charge is 0.489 e. The summed E-state index contributed by atoms with van der Waals surface area (Å²) in [4.78, 5) is 13.8. The van der Waals surface area contributed by atoms with Gasteiger partial charge in [0, 0.05) is 18.7 Å². The predicted octanol–water partition coefficient (Wildman–Crippen LogP) is 3.78. The molecule has 1 saturated heterocycles. The number of nitrogens with zero attached hydrogens (tertiary/aromatic N) is 1. The molecule has 3 nitrogen and oxygen atoms in total. The minimum atomic E-state index is 0.221. The first-order chi connectivity index (χ1) is 10.3. The molecule has 0 aliphatic carbocycles. The lowest BCUT2D eigenvalue weighted by Gasteiger charge is -2.26. The Morgan fingerprint density at radius 3 is 2.43 bits per heavy atom. The van der Waals surface area contributed by atoms with E-state index in [0.717, 1.165) is 36.4 Å². The van der Waals surface area contributed by atoms with Crippen molar-refractivity contribution in [3.63, 3.8) is 0 Å². The van der Waals surface area contributed by atoms with E-state index in [1.54, 1.807) is 0 Å². The molecule has 3 rings (SSSR count). The van der Waals surface area contributed by atoms with Crippen LogP contribution in [0.2, 0.25) is 0 Å². The Morgan fingerprint density at radius 2 is 1.71 bits per heavy atom. The van der Waals surface area contributed by atoms with E-state index >= 15 is 0 Å². The first kappa shape index (κ1) is 13.7. The van der Waals surface area contributed by atoms with Gasteiger partial charge in [0.15, 0.2) is 0 Å². The molecule has 1 aliphatic heterocycles. The van der Waals surface area contributed by atoms with Crippen LogP contribution in [0.5, 0.6) is 5.75 Å². The third kappa shape index (κ3) is 3.43. The average molecular weight is 281 g/mol. The highest BCUT2D eigenvalue weighted by Crippen LogP contribution is 2.23. The first-order valence-corrected chi connectivity index (χ1v) is 7.40. The number of hydrogen-bond donors (Lipinski definition) is 0. The Hall–Kier alpha value is -2.29. The number of carbonyl (C=O) groups excluding carboxylic acids is 1. The van der Waals surface area contributed by atoms with Gasteiger partial charge in [-0.2, -0.15) is 0 Å². The number of anilines is 1. The van der Waals surface area contributed by atoms with E-state index in [0.29, 0.717) is 13.0 Å². The standard InChI is InChI=1S/C18H19NO2/c20-18-8-4-5-13-19(18)16-9-11-17(12-10-16)21-14-15-6-2-1-3-7-15/h1-3,6-7,9-12H,4-5,8,13-14H2. The fourth-order valence-electron chi connectivity index (χ4n) is 2.54. The van der Waals surface area contributed by atoms with Crippen molar-refractivity contribution in [3.8, 4) is 5.75 Å². The minimum Gasteiger partial charge on any atom is -0.489 e. The fourth-order valence-corrected chi connectivity index (χ4v) is 2.54. The summed E-state index contributed by atoms with van der Waals surface area (Å²) < 4.78 is 5.76. The normalized spacial score (nSPS) is 15.0. The van der Waals surface area contributed by atoms with E-state index in [-0.39, 0.29) is 5.91 Å². The zero-order valence-electron chi connectivity index (χ0n) is 12.0. The van der Waals surface area contributed by atoms with E-state index in [1.165, 1.54) is 0 Å². The molecule has 0 atom stereocenters. The molecule has 3 heteroatoms. The summed E-state index contributed by atoms with van der Waals surface area (Å²) in [7, 11) is 0. The molecular weight excluding hydrogens is 262 g/mol. The molecule has 2 aromatic carbocycles. The average Bonchev–Trinajstić information content (AvgIpc) is 2.55.